The predicted molar refractivity (Wildman–Crippen MR) is 129 cm³/mol. The van der Waals surface area contributed by atoms with Gasteiger partial charge in [0.15, 0.2) is 9.84 Å². The quantitative estimate of drug-likeness (QED) is 0.395. The summed E-state index contributed by atoms with van der Waals surface area (Å²) in [6.07, 6.45) is 0.664. The Bertz CT molecular complexity index is 1270. The first kappa shape index (κ1) is 24.0. The van der Waals surface area contributed by atoms with Gasteiger partial charge in [-0.3, -0.25) is 5.41 Å². The first-order valence-electron chi connectivity index (χ1n) is 10.4. The van der Waals surface area contributed by atoms with Gasteiger partial charge >= 0.3 is 6.09 Å². The van der Waals surface area contributed by atoms with Crippen LogP contribution in [0.5, 0.6) is 5.75 Å². The van der Waals surface area contributed by atoms with Gasteiger partial charge in [0.05, 0.1) is 4.90 Å². The van der Waals surface area contributed by atoms with Crippen LogP contribution in [0.4, 0.5) is 4.79 Å². The molecule has 0 radical (unpaired) electrons. The molecular weight excluding hydrogens is 438 g/mol. The molecule has 0 fully saturated rings. The SMILES string of the molecule is CC(C)N(Cc1cccc(C(=N)N)c1)C(=O)Oc1ccc(-c2ccccc2S(C)(=O)=O)cc1. The zero-order valence-corrected chi connectivity index (χ0v) is 19.6. The zero-order chi connectivity index (χ0) is 24.2. The van der Waals surface area contributed by atoms with E-state index in [4.69, 9.17) is 15.9 Å². The van der Waals surface area contributed by atoms with Crippen LogP contribution in [0.3, 0.4) is 0 Å². The summed E-state index contributed by atoms with van der Waals surface area (Å²) in [6.45, 7) is 4.08. The van der Waals surface area contributed by atoms with Crippen LogP contribution in [-0.2, 0) is 16.4 Å². The van der Waals surface area contributed by atoms with E-state index in [1.54, 1.807) is 71.6 Å². The van der Waals surface area contributed by atoms with E-state index in [0.29, 0.717) is 29.0 Å². The number of hydrogen-bond acceptors (Lipinski definition) is 5. The summed E-state index contributed by atoms with van der Waals surface area (Å²) < 4.78 is 29.8. The number of nitrogens with one attached hydrogen (secondary N) is 1. The number of ether oxygens (including phenoxy) is 1. The summed E-state index contributed by atoms with van der Waals surface area (Å²) in [5.41, 5.74) is 8.29. The van der Waals surface area contributed by atoms with E-state index in [2.05, 4.69) is 0 Å². The van der Waals surface area contributed by atoms with Crippen molar-refractivity contribution in [2.45, 2.75) is 31.3 Å². The smallest absolute Gasteiger partial charge is 0.410 e. The fourth-order valence-electron chi connectivity index (χ4n) is 3.38. The number of amidine groups is 1. The van der Waals surface area contributed by atoms with Crippen LogP contribution in [0.1, 0.15) is 25.0 Å². The van der Waals surface area contributed by atoms with Crippen molar-refractivity contribution in [2.24, 2.45) is 5.73 Å². The maximum absolute atomic E-state index is 12.9. The summed E-state index contributed by atoms with van der Waals surface area (Å²) in [5, 5.41) is 7.60. The third kappa shape index (κ3) is 5.98. The topological polar surface area (TPSA) is 114 Å². The maximum Gasteiger partial charge on any atom is 0.415 e. The van der Waals surface area contributed by atoms with Crippen molar-refractivity contribution in [3.05, 3.63) is 83.9 Å². The standard InChI is InChI=1S/C25H27N3O4S/c1-17(2)28(16-18-7-6-8-20(15-18)24(26)27)25(29)32-21-13-11-19(12-14-21)22-9-4-5-10-23(22)33(3,30)31/h4-15,17H,16H2,1-3H3,(H3,26,27). The van der Waals surface area contributed by atoms with Crippen molar-refractivity contribution in [3.63, 3.8) is 0 Å². The molecule has 0 aliphatic rings. The van der Waals surface area contributed by atoms with Gasteiger partial charge in [-0.2, -0.15) is 0 Å². The molecular formula is C25H27N3O4S. The van der Waals surface area contributed by atoms with Crippen molar-refractivity contribution < 1.29 is 17.9 Å². The average Bonchev–Trinajstić information content (AvgIpc) is 2.77. The molecule has 8 heteroatoms. The fraction of sp³-hybridized carbons (Fsp3) is 0.200. The highest BCUT2D eigenvalue weighted by Gasteiger charge is 2.20. The van der Waals surface area contributed by atoms with Crippen LogP contribution in [-0.4, -0.2) is 37.5 Å². The number of amides is 1. The summed E-state index contributed by atoms with van der Waals surface area (Å²) in [5.74, 6) is 0.316. The monoisotopic (exact) mass is 465 g/mol. The van der Waals surface area contributed by atoms with Crippen LogP contribution in [0.15, 0.2) is 77.7 Å². The molecule has 0 saturated carbocycles. The van der Waals surface area contributed by atoms with Gasteiger partial charge < -0.3 is 15.4 Å². The third-order valence-corrected chi connectivity index (χ3v) is 6.26. The second kappa shape index (κ2) is 9.87. The highest BCUT2D eigenvalue weighted by molar-refractivity contribution is 7.90. The third-order valence-electron chi connectivity index (χ3n) is 5.11. The number of nitrogens with two attached hydrogens (primary N) is 1. The predicted octanol–water partition coefficient (Wildman–Crippen LogP) is 4.45. The number of rotatable bonds is 7. The highest BCUT2D eigenvalue weighted by atomic mass is 32.2. The Morgan fingerprint density at radius 3 is 2.30 bits per heavy atom. The Morgan fingerprint density at radius 2 is 1.70 bits per heavy atom. The molecule has 0 aliphatic heterocycles. The van der Waals surface area contributed by atoms with Crippen LogP contribution in [0.2, 0.25) is 0 Å². The van der Waals surface area contributed by atoms with Gasteiger partial charge in [-0.15, -0.1) is 0 Å². The van der Waals surface area contributed by atoms with Crippen LogP contribution >= 0.6 is 0 Å². The second-order valence-electron chi connectivity index (χ2n) is 8.00. The van der Waals surface area contributed by atoms with Crippen molar-refractivity contribution in [2.75, 3.05) is 6.26 Å². The lowest BCUT2D eigenvalue weighted by Gasteiger charge is -2.26. The van der Waals surface area contributed by atoms with E-state index in [1.165, 1.54) is 6.26 Å². The Labute approximate surface area is 194 Å². The lowest BCUT2D eigenvalue weighted by Crippen LogP contribution is -2.38. The molecule has 3 N–H and O–H groups in total. The van der Waals surface area contributed by atoms with E-state index in [1.807, 2.05) is 19.9 Å². The van der Waals surface area contributed by atoms with Crippen LogP contribution < -0.4 is 10.5 Å². The van der Waals surface area contributed by atoms with Crippen LogP contribution in [0.25, 0.3) is 11.1 Å². The molecule has 172 valence electrons. The van der Waals surface area contributed by atoms with Gasteiger partial charge in [0.25, 0.3) is 0 Å². The summed E-state index contributed by atoms with van der Waals surface area (Å²) >= 11 is 0. The van der Waals surface area contributed by atoms with E-state index in [9.17, 15) is 13.2 Å². The van der Waals surface area contributed by atoms with Gasteiger partial charge in [0.1, 0.15) is 11.6 Å². The lowest BCUT2D eigenvalue weighted by molar-refractivity contribution is 0.135. The first-order valence-corrected chi connectivity index (χ1v) is 12.3. The van der Waals surface area contributed by atoms with E-state index in [-0.39, 0.29) is 16.8 Å². The summed E-state index contributed by atoms with van der Waals surface area (Å²) in [4.78, 5) is 14.7. The molecule has 0 aromatic heterocycles. The molecule has 0 atom stereocenters. The molecule has 3 rings (SSSR count). The minimum Gasteiger partial charge on any atom is -0.410 e. The number of sulfone groups is 1. The van der Waals surface area contributed by atoms with E-state index < -0.39 is 15.9 Å². The molecule has 1 amide bonds. The second-order valence-corrected chi connectivity index (χ2v) is 9.98. The Hall–Kier alpha value is -3.65. The molecule has 3 aromatic carbocycles. The minimum absolute atomic E-state index is 0.0342. The minimum atomic E-state index is -3.38. The molecule has 33 heavy (non-hydrogen) atoms. The van der Waals surface area contributed by atoms with Crippen molar-refractivity contribution in [1.82, 2.24) is 4.90 Å². The van der Waals surface area contributed by atoms with E-state index >= 15 is 0 Å². The Morgan fingerprint density at radius 1 is 1.03 bits per heavy atom. The molecule has 3 aromatic rings. The van der Waals surface area contributed by atoms with E-state index in [0.717, 1.165) is 5.56 Å². The summed E-state index contributed by atoms with van der Waals surface area (Å²) in [7, 11) is -3.38. The molecule has 0 bridgehead atoms. The molecule has 0 saturated heterocycles. The molecule has 0 spiro atoms. The average molecular weight is 466 g/mol. The molecule has 0 heterocycles. The number of nitrogen functional groups attached to an aromatic ring is 1. The number of benzene rings is 3. The van der Waals surface area contributed by atoms with Crippen molar-refractivity contribution >= 4 is 21.8 Å². The van der Waals surface area contributed by atoms with Crippen molar-refractivity contribution in [1.29, 1.82) is 5.41 Å². The number of carbonyl (C=O) groups excluding carboxylic acids is 1. The van der Waals surface area contributed by atoms with Crippen molar-refractivity contribution in [3.8, 4) is 16.9 Å². The van der Waals surface area contributed by atoms with Gasteiger partial charge in [-0.1, -0.05) is 48.5 Å². The maximum atomic E-state index is 12.9. The Kier molecular flexibility index (Phi) is 7.18. The number of hydrogen-bond donors (Lipinski definition) is 2. The lowest BCUT2D eigenvalue weighted by atomic mass is 10.1. The molecule has 0 unspecified atom stereocenters. The van der Waals surface area contributed by atoms with Gasteiger partial charge in [0, 0.05) is 30.0 Å². The summed E-state index contributed by atoms with van der Waals surface area (Å²) in [6, 6.07) is 20.6. The van der Waals surface area contributed by atoms with Gasteiger partial charge in [-0.05, 0) is 49.2 Å². The Balaban J connectivity index is 1.78. The highest BCUT2D eigenvalue weighted by Crippen LogP contribution is 2.29. The fourth-order valence-corrected chi connectivity index (χ4v) is 4.29. The zero-order valence-electron chi connectivity index (χ0n) is 18.8. The molecule has 7 nitrogen and oxygen atoms in total. The number of nitrogens with zero attached hydrogens (tertiary/aromatic N) is 1. The van der Waals surface area contributed by atoms with Gasteiger partial charge in [0.2, 0.25) is 0 Å². The van der Waals surface area contributed by atoms with Crippen LogP contribution in [0, 0.1) is 5.41 Å². The van der Waals surface area contributed by atoms with Gasteiger partial charge in [-0.25, -0.2) is 13.2 Å². The largest absolute Gasteiger partial charge is 0.415 e. The number of carbonyl (C=O) groups is 1. The first-order chi connectivity index (χ1) is 15.6. The molecule has 0 aliphatic carbocycles. The normalized spacial score (nSPS) is 11.3.